The van der Waals surface area contributed by atoms with Gasteiger partial charge in [0.1, 0.15) is 0 Å². The van der Waals surface area contributed by atoms with Crippen molar-refractivity contribution >= 4 is 40.7 Å². The van der Waals surface area contributed by atoms with Gasteiger partial charge in [0.25, 0.3) is 5.91 Å². The lowest BCUT2D eigenvalue weighted by Gasteiger charge is -2.38. The number of carbonyl (C=O) groups excluding carboxylic acids is 2. The fourth-order valence-corrected chi connectivity index (χ4v) is 3.46. The maximum Gasteiger partial charge on any atom is 0.258 e. The molecule has 2 atom stereocenters. The Kier molecular flexibility index (Phi) is 4.52. The zero-order valence-electron chi connectivity index (χ0n) is 13.0. The van der Waals surface area contributed by atoms with E-state index in [2.05, 4.69) is 0 Å². The zero-order chi connectivity index (χ0) is 17.4. The van der Waals surface area contributed by atoms with Crippen molar-refractivity contribution in [2.45, 2.75) is 25.3 Å². The van der Waals surface area contributed by atoms with Gasteiger partial charge in [0, 0.05) is 17.3 Å². The van der Waals surface area contributed by atoms with Crippen molar-refractivity contribution in [2.24, 2.45) is 5.73 Å². The normalized spacial score (nSPS) is 19.7. The molecule has 24 heavy (non-hydrogen) atoms. The number of rotatable bonds is 2. The second-order valence-corrected chi connectivity index (χ2v) is 6.72. The summed E-state index contributed by atoms with van der Waals surface area (Å²) in [4.78, 5) is 26.5. The lowest BCUT2D eigenvalue weighted by atomic mass is 9.85. The SMILES string of the molecule is C[C@H]1C[C@H](C(N)=O)c2ccccc2N1C(=O)c1ccc(Cl)c(Cl)c1. The first-order chi connectivity index (χ1) is 11.4. The summed E-state index contributed by atoms with van der Waals surface area (Å²) in [5.41, 5.74) is 7.47. The van der Waals surface area contributed by atoms with Gasteiger partial charge in [-0.3, -0.25) is 9.59 Å². The van der Waals surface area contributed by atoms with Crippen LogP contribution in [-0.2, 0) is 4.79 Å². The smallest absolute Gasteiger partial charge is 0.258 e. The average Bonchev–Trinajstić information content (AvgIpc) is 2.56. The minimum Gasteiger partial charge on any atom is -0.369 e. The van der Waals surface area contributed by atoms with E-state index >= 15 is 0 Å². The van der Waals surface area contributed by atoms with Crippen molar-refractivity contribution in [2.75, 3.05) is 4.90 Å². The summed E-state index contributed by atoms with van der Waals surface area (Å²) in [5, 5.41) is 0.726. The zero-order valence-corrected chi connectivity index (χ0v) is 14.5. The summed E-state index contributed by atoms with van der Waals surface area (Å²) in [7, 11) is 0. The topological polar surface area (TPSA) is 63.4 Å². The molecule has 3 rings (SSSR count). The van der Waals surface area contributed by atoms with Crippen LogP contribution in [0.25, 0.3) is 0 Å². The number of carbonyl (C=O) groups is 2. The third-order valence-electron chi connectivity index (χ3n) is 4.32. The summed E-state index contributed by atoms with van der Waals surface area (Å²) in [5.74, 6) is -0.957. The molecule has 1 aliphatic rings. The number of anilines is 1. The second kappa shape index (κ2) is 6.46. The highest BCUT2D eigenvalue weighted by molar-refractivity contribution is 6.42. The van der Waals surface area contributed by atoms with E-state index in [0.717, 1.165) is 5.56 Å². The van der Waals surface area contributed by atoms with Crippen LogP contribution in [0.5, 0.6) is 0 Å². The van der Waals surface area contributed by atoms with Gasteiger partial charge in [0.15, 0.2) is 0 Å². The standard InChI is InChI=1S/C18H16Cl2N2O2/c1-10-8-13(17(21)23)12-4-2-3-5-16(12)22(10)18(24)11-6-7-14(19)15(20)9-11/h2-7,9-10,13H,8H2,1H3,(H2,21,23)/t10-,13-/m0/s1. The van der Waals surface area contributed by atoms with E-state index in [-0.39, 0.29) is 17.9 Å². The Bertz CT molecular complexity index is 822. The van der Waals surface area contributed by atoms with Crippen LogP contribution in [0.4, 0.5) is 5.69 Å². The predicted molar refractivity (Wildman–Crippen MR) is 95.7 cm³/mol. The number of benzene rings is 2. The minimum atomic E-state index is -0.394. The molecule has 0 unspecified atom stereocenters. The Hall–Kier alpha value is -2.04. The largest absolute Gasteiger partial charge is 0.369 e. The van der Waals surface area contributed by atoms with Crippen molar-refractivity contribution in [1.82, 2.24) is 0 Å². The Balaban J connectivity index is 2.06. The molecular weight excluding hydrogens is 347 g/mol. The van der Waals surface area contributed by atoms with Crippen LogP contribution >= 0.6 is 23.2 Å². The maximum absolute atomic E-state index is 13.0. The van der Waals surface area contributed by atoms with Crippen molar-refractivity contribution in [3.8, 4) is 0 Å². The van der Waals surface area contributed by atoms with E-state index < -0.39 is 5.92 Å². The third kappa shape index (κ3) is 2.87. The molecule has 0 fully saturated rings. The maximum atomic E-state index is 13.0. The van der Waals surface area contributed by atoms with Crippen LogP contribution in [0.2, 0.25) is 10.0 Å². The number of primary amides is 1. The van der Waals surface area contributed by atoms with Gasteiger partial charge in [-0.1, -0.05) is 41.4 Å². The van der Waals surface area contributed by atoms with Crippen LogP contribution < -0.4 is 10.6 Å². The number of nitrogens with two attached hydrogens (primary N) is 1. The first-order valence-electron chi connectivity index (χ1n) is 7.57. The first kappa shape index (κ1) is 16.8. The molecule has 2 aromatic carbocycles. The van der Waals surface area contributed by atoms with Gasteiger partial charge in [0.05, 0.1) is 16.0 Å². The molecule has 0 aromatic heterocycles. The number of amides is 2. The molecule has 6 heteroatoms. The molecule has 2 N–H and O–H groups in total. The van der Waals surface area contributed by atoms with Gasteiger partial charge in [-0.05, 0) is 43.2 Å². The number of para-hydroxylation sites is 1. The molecule has 0 saturated heterocycles. The highest BCUT2D eigenvalue weighted by Gasteiger charge is 2.36. The van der Waals surface area contributed by atoms with Gasteiger partial charge in [-0.2, -0.15) is 0 Å². The van der Waals surface area contributed by atoms with Gasteiger partial charge in [0.2, 0.25) is 5.91 Å². The number of nitrogens with zero attached hydrogens (tertiary/aromatic N) is 1. The summed E-state index contributed by atoms with van der Waals surface area (Å²) < 4.78 is 0. The average molecular weight is 363 g/mol. The fourth-order valence-electron chi connectivity index (χ4n) is 3.16. The van der Waals surface area contributed by atoms with Crippen LogP contribution in [0.1, 0.15) is 35.2 Å². The van der Waals surface area contributed by atoms with Crippen LogP contribution in [-0.4, -0.2) is 17.9 Å². The molecule has 2 aromatic rings. The van der Waals surface area contributed by atoms with Gasteiger partial charge < -0.3 is 10.6 Å². The molecule has 0 radical (unpaired) electrons. The summed E-state index contributed by atoms with van der Waals surface area (Å²) in [6.45, 7) is 1.90. The molecule has 124 valence electrons. The second-order valence-electron chi connectivity index (χ2n) is 5.90. The Morgan fingerprint density at radius 1 is 1.12 bits per heavy atom. The van der Waals surface area contributed by atoms with Crippen LogP contribution in [0.3, 0.4) is 0 Å². The van der Waals surface area contributed by atoms with Gasteiger partial charge in [-0.15, -0.1) is 0 Å². The van der Waals surface area contributed by atoms with Gasteiger partial charge >= 0.3 is 0 Å². The van der Waals surface area contributed by atoms with E-state index in [1.807, 2.05) is 31.2 Å². The summed E-state index contributed by atoms with van der Waals surface area (Å²) in [6.07, 6.45) is 0.486. The van der Waals surface area contributed by atoms with Crippen molar-refractivity contribution in [1.29, 1.82) is 0 Å². The molecular formula is C18H16Cl2N2O2. The molecule has 0 bridgehead atoms. The molecule has 4 nitrogen and oxygen atoms in total. The molecule has 2 amide bonds. The molecule has 1 heterocycles. The Labute approximate surface area is 150 Å². The lowest BCUT2D eigenvalue weighted by Crippen LogP contribution is -2.45. The monoisotopic (exact) mass is 362 g/mol. The first-order valence-corrected chi connectivity index (χ1v) is 8.32. The van der Waals surface area contributed by atoms with Crippen molar-refractivity contribution < 1.29 is 9.59 Å². The number of hydrogen-bond acceptors (Lipinski definition) is 2. The predicted octanol–water partition coefficient (Wildman–Crippen LogP) is 4.00. The summed E-state index contributed by atoms with van der Waals surface area (Å²) >= 11 is 12.0. The fraction of sp³-hybridized carbons (Fsp3) is 0.222. The highest BCUT2D eigenvalue weighted by atomic mass is 35.5. The minimum absolute atomic E-state index is 0.167. The quantitative estimate of drug-likeness (QED) is 0.877. The summed E-state index contributed by atoms with van der Waals surface area (Å²) in [6, 6.07) is 12.0. The lowest BCUT2D eigenvalue weighted by molar-refractivity contribution is -0.119. The van der Waals surface area contributed by atoms with E-state index in [1.165, 1.54) is 0 Å². The Morgan fingerprint density at radius 2 is 1.83 bits per heavy atom. The van der Waals surface area contributed by atoms with Crippen LogP contribution in [0, 0.1) is 0 Å². The van der Waals surface area contributed by atoms with E-state index in [9.17, 15) is 9.59 Å². The van der Waals surface area contributed by atoms with E-state index in [4.69, 9.17) is 28.9 Å². The van der Waals surface area contributed by atoms with Gasteiger partial charge in [-0.25, -0.2) is 0 Å². The van der Waals surface area contributed by atoms with Crippen LogP contribution in [0.15, 0.2) is 42.5 Å². The number of hydrogen-bond donors (Lipinski definition) is 1. The molecule has 1 aliphatic heterocycles. The molecule has 0 saturated carbocycles. The molecule has 0 spiro atoms. The third-order valence-corrected chi connectivity index (χ3v) is 5.06. The number of fused-ring (bicyclic) bond motifs is 1. The van der Waals surface area contributed by atoms with E-state index in [1.54, 1.807) is 23.1 Å². The van der Waals surface area contributed by atoms with E-state index in [0.29, 0.717) is 27.7 Å². The molecule has 0 aliphatic carbocycles. The number of halogens is 2. The van der Waals surface area contributed by atoms with Crippen molar-refractivity contribution in [3.05, 3.63) is 63.6 Å². The highest BCUT2D eigenvalue weighted by Crippen LogP contribution is 2.39. The van der Waals surface area contributed by atoms with Crippen molar-refractivity contribution in [3.63, 3.8) is 0 Å². The Morgan fingerprint density at radius 3 is 2.50 bits per heavy atom.